The van der Waals surface area contributed by atoms with Gasteiger partial charge in [0.15, 0.2) is 0 Å². The maximum absolute atomic E-state index is 12.4. The molecule has 0 bridgehead atoms. The molecule has 0 heterocycles. The van der Waals surface area contributed by atoms with E-state index in [1.165, 1.54) is 12.1 Å². The van der Waals surface area contributed by atoms with Crippen molar-refractivity contribution in [1.82, 2.24) is 0 Å². The van der Waals surface area contributed by atoms with E-state index in [0.717, 1.165) is 9.13 Å². The van der Waals surface area contributed by atoms with Gasteiger partial charge in [-0.05, 0) is 71.8 Å². The number of hydrogen-bond acceptors (Lipinski definition) is 3. The maximum Gasteiger partial charge on any atom is 0.255 e. The zero-order chi connectivity index (χ0) is 16.5. The first-order valence-electron chi connectivity index (χ1n) is 6.39. The van der Waals surface area contributed by atoms with Gasteiger partial charge >= 0.3 is 0 Å². The number of carbonyl (C=O) groups excluding carboxylic acids is 1. The Kier molecular flexibility index (Phi) is 4.88. The smallest absolute Gasteiger partial charge is 0.255 e. The summed E-state index contributed by atoms with van der Waals surface area (Å²) < 4.78 is 23.8. The molecule has 0 aliphatic heterocycles. The second kappa shape index (κ2) is 6.35. The van der Waals surface area contributed by atoms with Crippen LogP contribution in [0, 0.1) is 17.4 Å². The van der Waals surface area contributed by atoms with Gasteiger partial charge in [0.1, 0.15) is 0 Å². The lowest BCUT2D eigenvalue weighted by Gasteiger charge is -2.10. The molecule has 22 heavy (non-hydrogen) atoms. The van der Waals surface area contributed by atoms with Crippen molar-refractivity contribution in [3.05, 3.63) is 56.7 Å². The summed E-state index contributed by atoms with van der Waals surface area (Å²) in [6.07, 6.45) is 0. The Morgan fingerprint density at radius 2 is 1.73 bits per heavy atom. The Balaban J connectivity index is 2.35. The number of hydrogen-bond donors (Lipinski definition) is 2. The molecule has 2 aromatic carbocycles. The van der Waals surface area contributed by atoms with E-state index in [-0.39, 0.29) is 16.4 Å². The summed E-state index contributed by atoms with van der Waals surface area (Å²) in [4.78, 5) is 12.3. The number of nitrogens with two attached hydrogens (primary N) is 1. The Hall–Kier alpha value is -1.45. The second-order valence-corrected chi connectivity index (χ2v) is 7.66. The number of carbonyl (C=O) groups is 1. The molecule has 0 saturated heterocycles. The van der Waals surface area contributed by atoms with Gasteiger partial charge in [0.25, 0.3) is 5.91 Å². The highest BCUT2D eigenvalue weighted by atomic mass is 127. The number of rotatable bonds is 3. The van der Waals surface area contributed by atoms with Crippen LogP contribution in [-0.2, 0) is 10.0 Å². The van der Waals surface area contributed by atoms with Gasteiger partial charge in [-0.15, -0.1) is 0 Å². The van der Waals surface area contributed by atoms with E-state index >= 15 is 0 Å². The van der Waals surface area contributed by atoms with Gasteiger partial charge in [-0.2, -0.15) is 0 Å². The molecule has 2 rings (SSSR count). The Labute approximate surface area is 143 Å². The fraction of sp³-hybridized carbons (Fsp3) is 0.133. The fourth-order valence-electron chi connectivity index (χ4n) is 1.89. The molecular formula is C15H15IN2O3S. The van der Waals surface area contributed by atoms with Crippen LogP contribution >= 0.6 is 22.6 Å². The third-order valence-corrected chi connectivity index (χ3v) is 5.29. The highest BCUT2D eigenvalue weighted by Crippen LogP contribution is 2.20. The van der Waals surface area contributed by atoms with E-state index in [1.54, 1.807) is 19.1 Å². The van der Waals surface area contributed by atoms with Gasteiger partial charge in [0.2, 0.25) is 10.0 Å². The molecule has 2 aromatic rings. The number of aryl methyl sites for hydroxylation is 2. The summed E-state index contributed by atoms with van der Waals surface area (Å²) in [6.45, 7) is 3.72. The van der Waals surface area contributed by atoms with Gasteiger partial charge in [-0.3, -0.25) is 4.79 Å². The molecule has 0 radical (unpaired) electrons. The van der Waals surface area contributed by atoms with Crippen LogP contribution in [-0.4, -0.2) is 14.3 Å². The van der Waals surface area contributed by atoms with Crippen molar-refractivity contribution in [1.29, 1.82) is 0 Å². The van der Waals surface area contributed by atoms with Gasteiger partial charge in [-0.1, -0.05) is 12.1 Å². The Bertz CT molecular complexity index is 848. The standard InChI is InChI=1S/C15H15IN2O3S/c1-9-4-6-12(22(17,20)21)8-13(9)15(19)18-11-5-3-10(2)14(16)7-11/h3-8H,1-2H3,(H,18,19)(H2,17,20,21). The first kappa shape index (κ1) is 16.9. The Morgan fingerprint density at radius 1 is 1.09 bits per heavy atom. The number of halogens is 1. The minimum Gasteiger partial charge on any atom is -0.322 e. The minimum absolute atomic E-state index is 0.0817. The third kappa shape index (κ3) is 3.84. The number of benzene rings is 2. The molecule has 3 N–H and O–H groups in total. The molecule has 0 spiro atoms. The monoisotopic (exact) mass is 430 g/mol. The van der Waals surface area contributed by atoms with Crippen LogP contribution in [0.25, 0.3) is 0 Å². The molecular weight excluding hydrogens is 415 g/mol. The van der Waals surface area contributed by atoms with Crippen molar-refractivity contribution in [3.8, 4) is 0 Å². The van der Waals surface area contributed by atoms with Crippen molar-refractivity contribution in [2.45, 2.75) is 18.7 Å². The van der Waals surface area contributed by atoms with Crippen molar-refractivity contribution in [2.75, 3.05) is 5.32 Å². The van der Waals surface area contributed by atoms with Crippen LogP contribution in [0.5, 0.6) is 0 Å². The molecule has 5 nitrogen and oxygen atoms in total. The number of primary sulfonamides is 1. The van der Waals surface area contributed by atoms with Gasteiger partial charge in [0, 0.05) is 14.8 Å². The van der Waals surface area contributed by atoms with E-state index in [9.17, 15) is 13.2 Å². The summed E-state index contributed by atoms with van der Waals surface area (Å²) in [6, 6.07) is 9.80. The molecule has 1 amide bonds. The minimum atomic E-state index is -3.84. The number of anilines is 1. The van der Waals surface area contributed by atoms with Crippen LogP contribution in [0.15, 0.2) is 41.3 Å². The van der Waals surface area contributed by atoms with Crippen molar-refractivity contribution in [3.63, 3.8) is 0 Å². The zero-order valence-corrected chi connectivity index (χ0v) is 15.0. The largest absolute Gasteiger partial charge is 0.322 e. The highest BCUT2D eigenvalue weighted by Gasteiger charge is 2.15. The molecule has 0 atom stereocenters. The average Bonchev–Trinajstić information content (AvgIpc) is 2.42. The summed E-state index contributed by atoms with van der Waals surface area (Å²) in [5.74, 6) is -0.373. The Morgan fingerprint density at radius 3 is 2.32 bits per heavy atom. The second-order valence-electron chi connectivity index (χ2n) is 4.94. The fourth-order valence-corrected chi connectivity index (χ4v) is 2.95. The molecule has 116 valence electrons. The zero-order valence-electron chi connectivity index (χ0n) is 12.1. The molecule has 0 unspecified atom stereocenters. The molecule has 0 saturated carbocycles. The lowest BCUT2D eigenvalue weighted by Crippen LogP contribution is -2.17. The van der Waals surface area contributed by atoms with Gasteiger partial charge in [0.05, 0.1) is 4.90 Å². The van der Waals surface area contributed by atoms with E-state index in [1.807, 2.05) is 19.1 Å². The van der Waals surface area contributed by atoms with Crippen LogP contribution in [0.1, 0.15) is 21.5 Å². The normalized spacial score (nSPS) is 11.3. The van der Waals surface area contributed by atoms with Crippen molar-refractivity contribution in [2.24, 2.45) is 5.14 Å². The van der Waals surface area contributed by atoms with Crippen LogP contribution in [0.2, 0.25) is 0 Å². The van der Waals surface area contributed by atoms with E-state index in [4.69, 9.17) is 5.14 Å². The summed E-state index contributed by atoms with van der Waals surface area (Å²) in [5, 5.41) is 7.87. The predicted molar refractivity (Wildman–Crippen MR) is 94.4 cm³/mol. The number of nitrogens with one attached hydrogen (secondary N) is 1. The van der Waals surface area contributed by atoms with E-state index in [2.05, 4.69) is 27.9 Å². The first-order valence-corrected chi connectivity index (χ1v) is 9.02. The van der Waals surface area contributed by atoms with Gasteiger partial charge < -0.3 is 5.32 Å². The number of amides is 1. The SMILES string of the molecule is Cc1ccc(NC(=O)c2cc(S(N)(=O)=O)ccc2C)cc1I. The van der Waals surface area contributed by atoms with E-state index in [0.29, 0.717) is 11.3 Å². The summed E-state index contributed by atoms with van der Waals surface area (Å²) >= 11 is 2.19. The third-order valence-electron chi connectivity index (χ3n) is 3.21. The van der Waals surface area contributed by atoms with Gasteiger partial charge in [-0.25, -0.2) is 13.6 Å². The van der Waals surface area contributed by atoms with Crippen LogP contribution < -0.4 is 10.5 Å². The quantitative estimate of drug-likeness (QED) is 0.735. The van der Waals surface area contributed by atoms with Crippen LogP contribution in [0.3, 0.4) is 0 Å². The van der Waals surface area contributed by atoms with E-state index < -0.39 is 10.0 Å². The molecule has 7 heteroatoms. The average molecular weight is 430 g/mol. The molecule has 0 aliphatic carbocycles. The molecule has 0 fully saturated rings. The lowest BCUT2D eigenvalue weighted by molar-refractivity contribution is 0.102. The van der Waals surface area contributed by atoms with Crippen molar-refractivity contribution < 1.29 is 13.2 Å². The topological polar surface area (TPSA) is 89.3 Å². The number of sulfonamides is 1. The van der Waals surface area contributed by atoms with Crippen molar-refractivity contribution >= 4 is 44.2 Å². The molecule has 0 aliphatic rings. The highest BCUT2D eigenvalue weighted by molar-refractivity contribution is 14.1. The predicted octanol–water partition coefficient (Wildman–Crippen LogP) is 2.81. The lowest BCUT2D eigenvalue weighted by atomic mass is 10.1. The maximum atomic E-state index is 12.4. The summed E-state index contributed by atoms with van der Waals surface area (Å²) in [7, 11) is -3.84. The first-order chi connectivity index (χ1) is 10.2. The van der Waals surface area contributed by atoms with Crippen LogP contribution in [0.4, 0.5) is 5.69 Å². The molecule has 0 aromatic heterocycles. The summed E-state index contributed by atoms with van der Waals surface area (Å²) in [5.41, 5.74) is 2.72.